The number of oxazole rings is 1. The Morgan fingerprint density at radius 3 is 2.62 bits per heavy atom. The monoisotopic (exact) mass is 365 g/mol. The first kappa shape index (κ1) is 16.8. The summed E-state index contributed by atoms with van der Waals surface area (Å²) in [4.78, 5) is 11.5. The third kappa shape index (κ3) is 3.61. The molecular weight excluding hydrogens is 346 g/mol. The number of hydrogen-bond donors (Lipinski definition) is 0. The summed E-state index contributed by atoms with van der Waals surface area (Å²) in [7, 11) is 3.72. The molecule has 2 aromatic carbocycles. The van der Waals surface area contributed by atoms with Crippen molar-refractivity contribution < 1.29 is 9.15 Å². The summed E-state index contributed by atoms with van der Waals surface area (Å²) in [6.07, 6.45) is 1.72. The molecule has 4 aromatic rings. The number of benzene rings is 2. The zero-order valence-electron chi connectivity index (χ0n) is 14.7. The Balaban J connectivity index is 1.42. The zero-order valence-corrected chi connectivity index (χ0v) is 15.5. The Hall–Kier alpha value is -2.70. The molecule has 0 aliphatic carbocycles. The van der Waals surface area contributed by atoms with E-state index in [2.05, 4.69) is 28.0 Å². The van der Waals surface area contributed by atoms with Crippen LogP contribution < -0.4 is 4.74 Å². The standard InChI is InChI=1S/C20H19N3O2S/c1-23(12-19-22-17-5-3-4-6-18(17)26-19)11-15-13-25-20(21-15)14-7-9-16(24-2)10-8-14/h3-10,13H,11-12H2,1-2H3. The molecule has 0 radical (unpaired) electrons. The van der Waals surface area contributed by atoms with Gasteiger partial charge in [-0.3, -0.25) is 4.90 Å². The van der Waals surface area contributed by atoms with E-state index in [1.807, 2.05) is 42.5 Å². The molecule has 0 N–H and O–H groups in total. The van der Waals surface area contributed by atoms with Crippen molar-refractivity contribution in [2.24, 2.45) is 0 Å². The average Bonchev–Trinajstić information content (AvgIpc) is 3.28. The second-order valence-electron chi connectivity index (χ2n) is 6.12. The van der Waals surface area contributed by atoms with E-state index in [1.165, 1.54) is 4.70 Å². The lowest BCUT2D eigenvalue weighted by Gasteiger charge is -2.12. The van der Waals surface area contributed by atoms with Crippen molar-refractivity contribution in [3.63, 3.8) is 0 Å². The van der Waals surface area contributed by atoms with Gasteiger partial charge in [0.1, 0.15) is 17.0 Å². The Labute approximate surface area is 155 Å². The smallest absolute Gasteiger partial charge is 0.226 e. The zero-order chi connectivity index (χ0) is 17.9. The third-order valence-electron chi connectivity index (χ3n) is 4.06. The molecule has 132 valence electrons. The number of thiazole rings is 1. The normalized spacial score (nSPS) is 11.3. The lowest BCUT2D eigenvalue weighted by Crippen LogP contribution is -2.17. The number of hydrogen-bond acceptors (Lipinski definition) is 6. The predicted octanol–water partition coefficient (Wildman–Crippen LogP) is 4.59. The van der Waals surface area contributed by atoms with Crippen LogP contribution in [0.3, 0.4) is 0 Å². The van der Waals surface area contributed by atoms with Gasteiger partial charge in [-0.2, -0.15) is 0 Å². The quantitative estimate of drug-likeness (QED) is 0.500. The van der Waals surface area contributed by atoms with E-state index in [0.717, 1.165) is 34.1 Å². The maximum absolute atomic E-state index is 5.63. The van der Waals surface area contributed by atoms with Crippen LogP contribution in [0, 0.1) is 0 Å². The van der Waals surface area contributed by atoms with Gasteiger partial charge in [0.2, 0.25) is 5.89 Å². The number of fused-ring (bicyclic) bond motifs is 1. The van der Waals surface area contributed by atoms with E-state index in [1.54, 1.807) is 24.7 Å². The lowest BCUT2D eigenvalue weighted by molar-refractivity contribution is 0.314. The van der Waals surface area contributed by atoms with Gasteiger partial charge in [0.15, 0.2) is 0 Å². The van der Waals surface area contributed by atoms with Crippen molar-refractivity contribution >= 4 is 21.6 Å². The van der Waals surface area contributed by atoms with E-state index in [0.29, 0.717) is 12.4 Å². The number of aromatic nitrogens is 2. The summed E-state index contributed by atoms with van der Waals surface area (Å²) < 4.78 is 12.0. The maximum Gasteiger partial charge on any atom is 0.226 e. The molecule has 0 saturated carbocycles. The number of ether oxygens (including phenoxy) is 1. The van der Waals surface area contributed by atoms with Crippen LogP contribution in [0.1, 0.15) is 10.7 Å². The third-order valence-corrected chi connectivity index (χ3v) is 5.09. The minimum absolute atomic E-state index is 0.621. The van der Waals surface area contributed by atoms with Gasteiger partial charge >= 0.3 is 0 Å². The van der Waals surface area contributed by atoms with E-state index in [4.69, 9.17) is 9.15 Å². The van der Waals surface area contributed by atoms with Gasteiger partial charge in [-0.25, -0.2) is 9.97 Å². The van der Waals surface area contributed by atoms with Crippen LogP contribution in [0.5, 0.6) is 5.75 Å². The molecule has 0 unspecified atom stereocenters. The van der Waals surface area contributed by atoms with Crippen molar-refractivity contribution in [3.8, 4) is 17.2 Å². The van der Waals surface area contributed by atoms with Crippen molar-refractivity contribution in [3.05, 3.63) is 65.5 Å². The first-order valence-corrected chi connectivity index (χ1v) is 9.15. The summed E-state index contributed by atoms with van der Waals surface area (Å²) in [6, 6.07) is 15.9. The van der Waals surface area contributed by atoms with Gasteiger partial charge in [-0.1, -0.05) is 12.1 Å². The van der Waals surface area contributed by atoms with Crippen LogP contribution in [0.15, 0.2) is 59.2 Å². The molecule has 2 aromatic heterocycles. The first-order valence-electron chi connectivity index (χ1n) is 8.33. The minimum Gasteiger partial charge on any atom is -0.497 e. The number of methoxy groups -OCH3 is 1. The van der Waals surface area contributed by atoms with Crippen molar-refractivity contribution in [2.75, 3.05) is 14.2 Å². The van der Waals surface area contributed by atoms with Gasteiger partial charge in [0, 0.05) is 12.1 Å². The summed E-state index contributed by atoms with van der Waals surface area (Å²) in [5.74, 6) is 1.44. The molecule has 6 heteroatoms. The molecule has 0 saturated heterocycles. The number of para-hydroxylation sites is 1. The molecule has 0 fully saturated rings. The fraction of sp³-hybridized carbons (Fsp3) is 0.200. The highest BCUT2D eigenvalue weighted by Crippen LogP contribution is 2.24. The second-order valence-corrected chi connectivity index (χ2v) is 7.24. The summed E-state index contributed by atoms with van der Waals surface area (Å²) in [5.41, 5.74) is 2.90. The molecule has 0 amide bonds. The van der Waals surface area contributed by atoms with Gasteiger partial charge in [-0.05, 0) is 43.4 Å². The highest BCUT2D eigenvalue weighted by Gasteiger charge is 2.11. The highest BCUT2D eigenvalue weighted by molar-refractivity contribution is 7.18. The number of rotatable bonds is 6. The summed E-state index contributed by atoms with van der Waals surface area (Å²) in [5, 5.41) is 1.10. The molecule has 5 nitrogen and oxygen atoms in total. The average molecular weight is 365 g/mol. The van der Waals surface area contributed by atoms with Crippen LogP contribution in [0.2, 0.25) is 0 Å². The molecule has 2 heterocycles. The second kappa shape index (κ2) is 7.27. The lowest BCUT2D eigenvalue weighted by atomic mass is 10.2. The van der Waals surface area contributed by atoms with E-state index < -0.39 is 0 Å². The number of nitrogens with zero attached hydrogens (tertiary/aromatic N) is 3. The van der Waals surface area contributed by atoms with Gasteiger partial charge in [0.05, 0.1) is 29.6 Å². The fourth-order valence-electron chi connectivity index (χ4n) is 2.80. The van der Waals surface area contributed by atoms with Crippen LogP contribution in [-0.2, 0) is 13.1 Å². The van der Waals surface area contributed by atoms with E-state index in [-0.39, 0.29) is 0 Å². The summed E-state index contributed by atoms with van der Waals surface area (Å²) >= 11 is 1.73. The predicted molar refractivity (Wildman–Crippen MR) is 103 cm³/mol. The topological polar surface area (TPSA) is 51.4 Å². The SMILES string of the molecule is COc1ccc(-c2nc(CN(C)Cc3nc4ccccc4s3)co2)cc1. The van der Waals surface area contributed by atoms with Crippen molar-refractivity contribution in [1.29, 1.82) is 0 Å². The van der Waals surface area contributed by atoms with Gasteiger partial charge in [-0.15, -0.1) is 11.3 Å². The minimum atomic E-state index is 0.621. The Kier molecular flexibility index (Phi) is 4.69. The van der Waals surface area contributed by atoms with E-state index in [9.17, 15) is 0 Å². The Bertz CT molecular complexity index is 974. The Morgan fingerprint density at radius 1 is 1.04 bits per heavy atom. The van der Waals surface area contributed by atoms with E-state index >= 15 is 0 Å². The molecule has 0 aliphatic rings. The fourth-order valence-corrected chi connectivity index (χ4v) is 3.84. The molecule has 0 aliphatic heterocycles. The molecule has 4 rings (SSSR count). The molecular formula is C20H19N3O2S. The van der Waals surface area contributed by atoms with Gasteiger partial charge < -0.3 is 9.15 Å². The largest absolute Gasteiger partial charge is 0.497 e. The van der Waals surface area contributed by atoms with Crippen LogP contribution >= 0.6 is 11.3 Å². The Morgan fingerprint density at radius 2 is 1.85 bits per heavy atom. The van der Waals surface area contributed by atoms with Crippen molar-refractivity contribution in [2.45, 2.75) is 13.1 Å². The van der Waals surface area contributed by atoms with Crippen LogP contribution in [-0.4, -0.2) is 29.0 Å². The van der Waals surface area contributed by atoms with Crippen LogP contribution in [0.4, 0.5) is 0 Å². The first-order chi connectivity index (χ1) is 12.7. The molecule has 0 bridgehead atoms. The molecule has 26 heavy (non-hydrogen) atoms. The van der Waals surface area contributed by atoms with Crippen molar-refractivity contribution in [1.82, 2.24) is 14.9 Å². The van der Waals surface area contributed by atoms with Gasteiger partial charge in [0.25, 0.3) is 0 Å². The van der Waals surface area contributed by atoms with Crippen LogP contribution in [0.25, 0.3) is 21.7 Å². The highest BCUT2D eigenvalue weighted by atomic mass is 32.1. The molecule has 0 atom stereocenters. The summed E-state index contributed by atoms with van der Waals surface area (Å²) in [6.45, 7) is 1.49. The maximum atomic E-state index is 5.63. The molecule has 0 spiro atoms.